The van der Waals surface area contributed by atoms with Gasteiger partial charge in [0.25, 0.3) is 0 Å². The quantitative estimate of drug-likeness (QED) is 0.662. The summed E-state index contributed by atoms with van der Waals surface area (Å²) in [4.78, 5) is 0. The molecular formula is C16H13N3. The van der Waals surface area contributed by atoms with Crippen molar-refractivity contribution in [2.75, 3.05) is 0 Å². The summed E-state index contributed by atoms with van der Waals surface area (Å²) in [5, 5.41) is 8.18. The van der Waals surface area contributed by atoms with E-state index < -0.39 is 0 Å². The third-order valence-electron chi connectivity index (χ3n) is 2.80. The Morgan fingerprint density at radius 3 is 2.53 bits per heavy atom. The number of rotatable bonds is 3. The number of fused-ring (bicyclic) bond motifs is 1. The van der Waals surface area contributed by atoms with Crippen LogP contribution in [-0.2, 0) is 0 Å². The van der Waals surface area contributed by atoms with E-state index in [2.05, 4.69) is 28.5 Å². The highest BCUT2D eigenvalue weighted by Crippen LogP contribution is 2.09. The molecule has 3 aromatic rings. The van der Waals surface area contributed by atoms with E-state index in [4.69, 9.17) is 0 Å². The molecule has 0 N–H and O–H groups in total. The lowest BCUT2D eigenvalue weighted by atomic mass is 10.2. The summed E-state index contributed by atoms with van der Waals surface area (Å²) in [6.45, 7) is 0. The first-order valence-electron chi connectivity index (χ1n) is 6.13. The molecule has 19 heavy (non-hydrogen) atoms. The van der Waals surface area contributed by atoms with E-state index in [1.165, 1.54) is 5.56 Å². The van der Waals surface area contributed by atoms with Crippen LogP contribution >= 0.6 is 0 Å². The molecule has 0 saturated carbocycles. The average molecular weight is 247 g/mol. The second-order valence-corrected chi connectivity index (χ2v) is 4.13. The van der Waals surface area contributed by atoms with Crippen LogP contribution in [0, 0.1) is 0 Å². The zero-order valence-corrected chi connectivity index (χ0v) is 10.3. The molecule has 92 valence electrons. The summed E-state index contributed by atoms with van der Waals surface area (Å²) in [7, 11) is 0. The first-order valence-corrected chi connectivity index (χ1v) is 6.13. The van der Waals surface area contributed by atoms with Crippen molar-refractivity contribution in [1.82, 2.24) is 15.0 Å². The van der Waals surface area contributed by atoms with Gasteiger partial charge in [0.15, 0.2) is 0 Å². The molecule has 1 aromatic heterocycles. The molecule has 2 aromatic carbocycles. The maximum atomic E-state index is 4.09. The van der Waals surface area contributed by atoms with Crippen LogP contribution in [0.5, 0.6) is 0 Å². The number of aromatic nitrogens is 3. The standard InChI is InChI=1S/C16H13N3/c1-2-8-14(9-3-1)10-6-7-13-19-16-12-5-4-11-15(16)17-18-19/h1-13H. The van der Waals surface area contributed by atoms with Crippen LogP contribution in [0.3, 0.4) is 0 Å². The van der Waals surface area contributed by atoms with E-state index in [1.807, 2.05) is 60.8 Å². The molecule has 0 unspecified atom stereocenters. The van der Waals surface area contributed by atoms with Crippen molar-refractivity contribution in [2.45, 2.75) is 0 Å². The summed E-state index contributed by atoms with van der Waals surface area (Å²) >= 11 is 0. The molecule has 0 bridgehead atoms. The molecule has 0 amide bonds. The Labute approximate surface area is 111 Å². The van der Waals surface area contributed by atoms with Crippen molar-refractivity contribution in [3.63, 3.8) is 0 Å². The first kappa shape index (κ1) is 11.4. The lowest BCUT2D eigenvalue weighted by Crippen LogP contribution is -1.87. The normalized spacial score (nSPS) is 11.8. The predicted octanol–water partition coefficient (Wildman–Crippen LogP) is 3.62. The maximum absolute atomic E-state index is 4.09. The van der Waals surface area contributed by atoms with Crippen LogP contribution in [-0.4, -0.2) is 15.0 Å². The lowest BCUT2D eigenvalue weighted by molar-refractivity contribution is 0.861. The fourth-order valence-corrected chi connectivity index (χ4v) is 1.86. The van der Waals surface area contributed by atoms with Gasteiger partial charge in [0.2, 0.25) is 0 Å². The third kappa shape index (κ3) is 2.60. The van der Waals surface area contributed by atoms with Crippen molar-refractivity contribution < 1.29 is 0 Å². The minimum Gasteiger partial charge on any atom is -0.220 e. The zero-order valence-electron chi connectivity index (χ0n) is 10.3. The summed E-state index contributed by atoms with van der Waals surface area (Å²) in [5.41, 5.74) is 3.08. The molecule has 3 rings (SSSR count). The van der Waals surface area contributed by atoms with Crippen LogP contribution in [0.1, 0.15) is 5.56 Å². The van der Waals surface area contributed by atoms with Crippen molar-refractivity contribution in [3.8, 4) is 0 Å². The minimum absolute atomic E-state index is 0.902. The van der Waals surface area contributed by atoms with Crippen molar-refractivity contribution in [2.24, 2.45) is 0 Å². The van der Waals surface area contributed by atoms with E-state index in [-0.39, 0.29) is 0 Å². The zero-order chi connectivity index (χ0) is 12.9. The molecule has 0 aliphatic rings. The molecule has 1 heterocycles. The summed E-state index contributed by atoms with van der Waals surface area (Å²) in [5.74, 6) is 0. The smallest absolute Gasteiger partial charge is 0.113 e. The van der Waals surface area contributed by atoms with E-state index in [9.17, 15) is 0 Å². The highest BCUT2D eigenvalue weighted by atomic mass is 15.4. The van der Waals surface area contributed by atoms with Gasteiger partial charge in [-0.3, -0.25) is 0 Å². The Morgan fingerprint density at radius 2 is 1.63 bits per heavy atom. The van der Waals surface area contributed by atoms with Gasteiger partial charge in [-0.15, -0.1) is 5.10 Å². The average Bonchev–Trinajstić information content (AvgIpc) is 2.88. The number of hydrogen-bond acceptors (Lipinski definition) is 2. The molecule has 0 aliphatic carbocycles. The van der Waals surface area contributed by atoms with Gasteiger partial charge in [-0.05, 0) is 23.8 Å². The molecule has 0 fully saturated rings. The number of para-hydroxylation sites is 1. The monoisotopic (exact) mass is 247 g/mol. The molecule has 3 heteroatoms. The molecule has 0 saturated heterocycles. The van der Waals surface area contributed by atoms with E-state index in [0.717, 1.165) is 11.0 Å². The van der Waals surface area contributed by atoms with Crippen molar-refractivity contribution >= 4 is 23.3 Å². The topological polar surface area (TPSA) is 30.7 Å². The van der Waals surface area contributed by atoms with Gasteiger partial charge in [0.1, 0.15) is 5.52 Å². The Bertz CT molecular complexity index is 724. The highest BCUT2D eigenvalue weighted by Gasteiger charge is 1.98. The molecular weight excluding hydrogens is 234 g/mol. The number of benzene rings is 2. The Balaban J connectivity index is 1.78. The van der Waals surface area contributed by atoms with Gasteiger partial charge in [0, 0.05) is 6.20 Å². The van der Waals surface area contributed by atoms with Crippen LogP contribution < -0.4 is 0 Å². The minimum atomic E-state index is 0.902. The lowest BCUT2D eigenvalue weighted by Gasteiger charge is -1.92. The molecule has 0 atom stereocenters. The van der Waals surface area contributed by atoms with E-state index in [0.29, 0.717) is 0 Å². The summed E-state index contributed by atoms with van der Waals surface area (Å²) in [6, 6.07) is 18.1. The van der Waals surface area contributed by atoms with Crippen LogP contribution in [0.2, 0.25) is 0 Å². The SMILES string of the molecule is C(C=Cn1nnc2ccccc21)=Cc1ccccc1. The third-order valence-corrected chi connectivity index (χ3v) is 2.80. The van der Waals surface area contributed by atoms with Crippen LogP contribution in [0.4, 0.5) is 0 Å². The number of hydrogen-bond donors (Lipinski definition) is 0. The van der Waals surface area contributed by atoms with E-state index in [1.54, 1.807) is 4.68 Å². The van der Waals surface area contributed by atoms with Crippen LogP contribution in [0.25, 0.3) is 23.3 Å². The fourth-order valence-electron chi connectivity index (χ4n) is 1.86. The molecule has 0 aliphatic heterocycles. The first-order chi connectivity index (χ1) is 9.43. The summed E-state index contributed by atoms with van der Waals surface area (Å²) < 4.78 is 1.77. The van der Waals surface area contributed by atoms with Crippen LogP contribution in [0.15, 0.2) is 66.7 Å². The second-order valence-electron chi connectivity index (χ2n) is 4.13. The predicted molar refractivity (Wildman–Crippen MR) is 78.3 cm³/mol. The van der Waals surface area contributed by atoms with E-state index >= 15 is 0 Å². The fraction of sp³-hybridized carbons (Fsp3) is 0. The Kier molecular flexibility index (Phi) is 3.19. The van der Waals surface area contributed by atoms with Crippen molar-refractivity contribution in [1.29, 1.82) is 0 Å². The molecule has 0 spiro atoms. The van der Waals surface area contributed by atoms with Gasteiger partial charge in [0.05, 0.1) is 5.52 Å². The maximum Gasteiger partial charge on any atom is 0.113 e. The number of allylic oxidation sites excluding steroid dienone is 2. The molecule has 0 radical (unpaired) electrons. The second kappa shape index (κ2) is 5.31. The van der Waals surface area contributed by atoms with Gasteiger partial charge in [-0.1, -0.05) is 59.8 Å². The molecule has 3 nitrogen and oxygen atoms in total. The van der Waals surface area contributed by atoms with Gasteiger partial charge in [-0.25, -0.2) is 4.68 Å². The van der Waals surface area contributed by atoms with Gasteiger partial charge < -0.3 is 0 Å². The van der Waals surface area contributed by atoms with Gasteiger partial charge in [-0.2, -0.15) is 0 Å². The van der Waals surface area contributed by atoms with Gasteiger partial charge >= 0.3 is 0 Å². The summed E-state index contributed by atoms with van der Waals surface area (Å²) in [6.07, 6.45) is 7.89. The highest BCUT2D eigenvalue weighted by molar-refractivity contribution is 5.75. The van der Waals surface area contributed by atoms with Crippen molar-refractivity contribution in [3.05, 3.63) is 72.3 Å². The largest absolute Gasteiger partial charge is 0.220 e. The Hall–Kier alpha value is -2.68. The Morgan fingerprint density at radius 1 is 0.842 bits per heavy atom. The number of nitrogens with zero attached hydrogens (tertiary/aromatic N) is 3.